The number of hydrogen-bond donors (Lipinski definition) is 2. The zero-order chi connectivity index (χ0) is 19.8. The van der Waals surface area contributed by atoms with E-state index < -0.39 is 0 Å². The Kier molecular flexibility index (Phi) is 7.28. The Hall–Kier alpha value is -2.57. The summed E-state index contributed by atoms with van der Waals surface area (Å²) in [5, 5.41) is 3.10. The highest BCUT2D eigenvalue weighted by molar-refractivity contribution is 5.92. The highest BCUT2D eigenvalue weighted by Crippen LogP contribution is 2.16. The van der Waals surface area contributed by atoms with Crippen LogP contribution in [-0.4, -0.2) is 56.1 Å². The van der Waals surface area contributed by atoms with Gasteiger partial charge in [-0.15, -0.1) is 0 Å². The van der Waals surface area contributed by atoms with Crippen LogP contribution in [0.3, 0.4) is 0 Å². The van der Waals surface area contributed by atoms with Gasteiger partial charge in [0.05, 0.1) is 13.7 Å². The number of ether oxygens (including phenoxy) is 1. The van der Waals surface area contributed by atoms with Crippen molar-refractivity contribution >= 4 is 11.6 Å². The summed E-state index contributed by atoms with van der Waals surface area (Å²) in [6.45, 7) is 6.21. The Labute approximate surface area is 168 Å². The first-order valence-electron chi connectivity index (χ1n) is 9.82. The molecule has 2 aromatic rings. The maximum absolute atomic E-state index is 6.01. The van der Waals surface area contributed by atoms with Crippen molar-refractivity contribution in [2.75, 3.05) is 45.7 Å². The SMILES string of the molecule is COc1cccc(NC(N)=NCc2ccc(CN3CCCN(C)CC3)cc2)c1. The largest absolute Gasteiger partial charge is 0.497 e. The number of nitrogens with zero attached hydrogens (tertiary/aromatic N) is 3. The fourth-order valence-electron chi connectivity index (χ4n) is 3.33. The second-order valence-corrected chi connectivity index (χ2v) is 7.31. The van der Waals surface area contributed by atoms with E-state index in [1.165, 1.54) is 25.1 Å². The Morgan fingerprint density at radius 3 is 2.64 bits per heavy atom. The van der Waals surface area contributed by atoms with Gasteiger partial charge in [0.2, 0.25) is 0 Å². The fourth-order valence-corrected chi connectivity index (χ4v) is 3.33. The maximum atomic E-state index is 6.01. The summed E-state index contributed by atoms with van der Waals surface area (Å²) in [7, 11) is 3.85. The number of benzene rings is 2. The summed E-state index contributed by atoms with van der Waals surface area (Å²) in [6.07, 6.45) is 1.24. The van der Waals surface area contributed by atoms with Gasteiger partial charge in [-0.1, -0.05) is 30.3 Å². The molecule has 1 aliphatic heterocycles. The van der Waals surface area contributed by atoms with Gasteiger partial charge in [-0.05, 0) is 49.8 Å². The fraction of sp³-hybridized carbons (Fsp3) is 0.409. The van der Waals surface area contributed by atoms with Crippen molar-refractivity contribution in [3.63, 3.8) is 0 Å². The average Bonchev–Trinajstić information content (AvgIpc) is 2.92. The molecule has 28 heavy (non-hydrogen) atoms. The lowest BCUT2D eigenvalue weighted by molar-refractivity contribution is 0.269. The van der Waals surface area contributed by atoms with E-state index in [0.717, 1.165) is 36.6 Å². The summed E-state index contributed by atoms with van der Waals surface area (Å²) < 4.78 is 5.22. The van der Waals surface area contributed by atoms with Gasteiger partial charge in [0, 0.05) is 31.4 Å². The highest BCUT2D eigenvalue weighted by atomic mass is 16.5. The standard InChI is InChI=1S/C22H31N5O/c1-26-11-4-12-27(14-13-26)17-19-9-7-18(8-10-19)16-24-22(23)25-20-5-3-6-21(15-20)28-2/h3,5-10,15H,4,11-14,16-17H2,1-2H3,(H3,23,24,25). The van der Waals surface area contributed by atoms with Crippen LogP contribution >= 0.6 is 0 Å². The summed E-state index contributed by atoms with van der Waals surface area (Å²) >= 11 is 0. The lowest BCUT2D eigenvalue weighted by Crippen LogP contribution is -2.28. The third-order valence-corrected chi connectivity index (χ3v) is 5.02. The molecule has 0 unspecified atom stereocenters. The van der Waals surface area contributed by atoms with Crippen molar-refractivity contribution in [1.82, 2.24) is 9.80 Å². The number of hydrogen-bond acceptors (Lipinski definition) is 4. The van der Waals surface area contributed by atoms with Crippen molar-refractivity contribution in [3.8, 4) is 5.75 Å². The number of anilines is 1. The van der Waals surface area contributed by atoms with Crippen LogP contribution in [0, 0.1) is 0 Å². The number of aliphatic imine (C=N–C) groups is 1. The van der Waals surface area contributed by atoms with Crippen LogP contribution in [0.1, 0.15) is 17.5 Å². The molecule has 150 valence electrons. The van der Waals surface area contributed by atoms with Crippen molar-refractivity contribution in [2.24, 2.45) is 10.7 Å². The van der Waals surface area contributed by atoms with E-state index in [1.54, 1.807) is 7.11 Å². The van der Waals surface area contributed by atoms with Gasteiger partial charge in [0.25, 0.3) is 0 Å². The summed E-state index contributed by atoms with van der Waals surface area (Å²) in [5.41, 5.74) is 9.37. The number of guanidine groups is 1. The topological polar surface area (TPSA) is 66.1 Å². The lowest BCUT2D eigenvalue weighted by atomic mass is 10.1. The van der Waals surface area contributed by atoms with Gasteiger partial charge >= 0.3 is 0 Å². The van der Waals surface area contributed by atoms with Crippen molar-refractivity contribution < 1.29 is 4.74 Å². The molecule has 3 N–H and O–H groups in total. The van der Waals surface area contributed by atoms with Crippen molar-refractivity contribution in [1.29, 1.82) is 0 Å². The van der Waals surface area contributed by atoms with Crippen LogP contribution in [-0.2, 0) is 13.1 Å². The molecular weight excluding hydrogens is 350 g/mol. The van der Waals surface area contributed by atoms with Gasteiger partial charge < -0.3 is 20.7 Å². The van der Waals surface area contributed by atoms with E-state index in [4.69, 9.17) is 10.5 Å². The first kappa shape index (κ1) is 20.2. The maximum Gasteiger partial charge on any atom is 0.193 e. The minimum absolute atomic E-state index is 0.394. The molecule has 0 amide bonds. The molecule has 3 rings (SSSR count). The molecule has 0 saturated carbocycles. The molecular formula is C22H31N5O. The van der Waals surface area contributed by atoms with Crippen LogP contribution in [0.25, 0.3) is 0 Å². The second-order valence-electron chi connectivity index (χ2n) is 7.31. The van der Waals surface area contributed by atoms with Crippen LogP contribution < -0.4 is 15.8 Å². The van der Waals surface area contributed by atoms with E-state index in [-0.39, 0.29) is 0 Å². The minimum Gasteiger partial charge on any atom is -0.497 e. The molecule has 0 spiro atoms. The van der Waals surface area contributed by atoms with Crippen LogP contribution in [0.2, 0.25) is 0 Å². The van der Waals surface area contributed by atoms with Crippen LogP contribution in [0.4, 0.5) is 5.69 Å². The predicted molar refractivity (Wildman–Crippen MR) is 116 cm³/mol. The highest BCUT2D eigenvalue weighted by Gasteiger charge is 2.12. The third-order valence-electron chi connectivity index (χ3n) is 5.02. The molecule has 0 radical (unpaired) electrons. The second kappa shape index (κ2) is 10.1. The number of methoxy groups -OCH3 is 1. The van der Waals surface area contributed by atoms with E-state index in [9.17, 15) is 0 Å². The van der Waals surface area contributed by atoms with Crippen molar-refractivity contribution in [3.05, 3.63) is 59.7 Å². The lowest BCUT2D eigenvalue weighted by Gasteiger charge is -2.20. The van der Waals surface area contributed by atoms with Gasteiger partial charge in [0.1, 0.15) is 5.75 Å². The quantitative estimate of drug-likeness (QED) is 0.595. The van der Waals surface area contributed by atoms with Gasteiger partial charge in [0.15, 0.2) is 5.96 Å². The molecule has 6 nitrogen and oxygen atoms in total. The first-order valence-corrected chi connectivity index (χ1v) is 9.82. The summed E-state index contributed by atoms with van der Waals surface area (Å²) in [6, 6.07) is 16.3. The molecule has 0 bridgehead atoms. The van der Waals surface area contributed by atoms with Crippen LogP contribution in [0.15, 0.2) is 53.5 Å². The van der Waals surface area contributed by atoms with Gasteiger partial charge in [-0.25, -0.2) is 4.99 Å². The average molecular weight is 382 g/mol. The van der Waals surface area contributed by atoms with Gasteiger partial charge in [-0.2, -0.15) is 0 Å². The van der Waals surface area contributed by atoms with E-state index in [2.05, 4.69) is 51.4 Å². The zero-order valence-corrected chi connectivity index (χ0v) is 16.9. The van der Waals surface area contributed by atoms with E-state index >= 15 is 0 Å². The molecule has 1 aliphatic rings. The van der Waals surface area contributed by atoms with Crippen molar-refractivity contribution in [2.45, 2.75) is 19.5 Å². The summed E-state index contributed by atoms with van der Waals surface area (Å²) in [5.74, 6) is 1.18. The molecule has 2 aromatic carbocycles. The number of nitrogens with one attached hydrogen (secondary N) is 1. The Bertz CT molecular complexity index is 775. The predicted octanol–water partition coefficient (Wildman–Crippen LogP) is 2.76. The zero-order valence-electron chi connectivity index (χ0n) is 16.9. The Morgan fingerprint density at radius 1 is 1.07 bits per heavy atom. The normalized spacial score (nSPS) is 16.6. The number of nitrogens with two attached hydrogens (primary N) is 1. The molecule has 0 aromatic heterocycles. The molecule has 6 heteroatoms. The first-order chi connectivity index (χ1) is 13.6. The minimum atomic E-state index is 0.394. The molecule has 0 atom stereocenters. The smallest absolute Gasteiger partial charge is 0.193 e. The molecule has 0 aliphatic carbocycles. The van der Waals surface area contributed by atoms with Crippen LogP contribution in [0.5, 0.6) is 5.75 Å². The van der Waals surface area contributed by atoms with E-state index in [1.807, 2.05) is 24.3 Å². The monoisotopic (exact) mass is 381 g/mol. The summed E-state index contributed by atoms with van der Waals surface area (Å²) in [4.78, 5) is 9.38. The molecule has 1 fully saturated rings. The molecule has 1 heterocycles. The Balaban J connectivity index is 1.51. The number of likely N-dealkylation sites (N-methyl/N-ethyl adjacent to an activating group) is 1. The number of rotatable bonds is 6. The van der Waals surface area contributed by atoms with Gasteiger partial charge in [-0.3, -0.25) is 4.90 Å². The molecule has 1 saturated heterocycles. The van der Waals surface area contributed by atoms with E-state index in [0.29, 0.717) is 12.5 Å². The third kappa shape index (κ3) is 6.25. The Morgan fingerprint density at radius 2 is 1.86 bits per heavy atom.